The van der Waals surface area contributed by atoms with Gasteiger partial charge in [-0.2, -0.15) is 0 Å². The van der Waals surface area contributed by atoms with Crippen molar-refractivity contribution in [1.82, 2.24) is 9.80 Å². The van der Waals surface area contributed by atoms with Gasteiger partial charge >= 0.3 is 18.2 Å². The first-order chi connectivity index (χ1) is 11.9. The Labute approximate surface area is 146 Å². The van der Waals surface area contributed by atoms with Crippen molar-refractivity contribution >= 4 is 23.9 Å². The number of amides is 2. The van der Waals surface area contributed by atoms with Crippen LogP contribution in [0.3, 0.4) is 0 Å². The van der Waals surface area contributed by atoms with Gasteiger partial charge in [0.15, 0.2) is 5.78 Å². The normalized spacial score (nSPS) is 13.8. The first-order valence-electron chi connectivity index (χ1n) is 7.98. The van der Waals surface area contributed by atoms with Gasteiger partial charge < -0.3 is 14.2 Å². The minimum absolute atomic E-state index is 0.105. The third-order valence-electron chi connectivity index (χ3n) is 3.69. The maximum absolute atomic E-state index is 12.5. The zero-order valence-corrected chi connectivity index (χ0v) is 15.0. The van der Waals surface area contributed by atoms with E-state index in [2.05, 4.69) is 9.47 Å². The van der Waals surface area contributed by atoms with E-state index < -0.39 is 12.2 Å². The molecule has 0 aromatic heterocycles. The van der Waals surface area contributed by atoms with Crippen LogP contribution < -0.4 is 0 Å². The number of unbranched alkanes of at least 4 members (excludes halogenated alkanes) is 1. The fraction of sp³-hybridized carbons (Fsp3) is 0.625. The van der Waals surface area contributed by atoms with Gasteiger partial charge in [0, 0.05) is 12.8 Å². The van der Waals surface area contributed by atoms with E-state index in [0.717, 1.165) is 4.90 Å². The number of carbonyl (C=O) groups excluding carboxylic acids is 4. The van der Waals surface area contributed by atoms with Crippen LogP contribution in [-0.2, 0) is 23.8 Å². The van der Waals surface area contributed by atoms with Gasteiger partial charge in [-0.3, -0.25) is 19.4 Å². The number of esters is 1. The second-order valence-electron chi connectivity index (χ2n) is 5.31. The molecule has 0 fully saturated rings. The second-order valence-corrected chi connectivity index (χ2v) is 5.31. The van der Waals surface area contributed by atoms with E-state index >= 15 is 0 Å². The monoisotopic (exact) mass is 356 g/mol. The lowest BCUT2D eigenvalue weighted by atomic mass is 10.1. The Bertz CT molecular complexity index is 571. The molecule has 9 heteroatoms. The quantitative estimate of drug-likeness (QED) is 0.390. The molecule has 0 N–H and O–H groups in total. The topological polar surface area (TPSA) is 102 Å². The van der Waals surface area contributed by atoms with Gasteiger partial charge in [-0.15, -0.1) is 0 Å². The van der Waals surface area contributed by atoms with Crippen LogP contribution in [0.4, 0.5) is 9.59 Å². The molecule has 25 heavy (non-hydrogen) atoms. The molecule has 1 aliphatic heterocycles. The average molecular weight is 356 g/mol. The van der Waals surface area contributed by atoms with Gasteiger partial charge in [0.2, 0.25) is 0 Å². The lowest BCUT2D eigenvalue weighted by Crippen LogP contribution is -2.36. The highest BCUT2D eigenvalue weighted by Crippen LogP contribution is 2.27. The van der Waals surface area contributed by atoms with Crippen molar-refractivity contribution in [2.75, 3.05) is 27.5 Å². The van der Waals surface area contributed by atoms with Gasteiger partial charge in [0.05, 0.1) is 26.5 Å². The van der Waals surface area contributed by atoms with Crippen LogP contribution in [0.1, 0.15) is 39.5 Å². The van der Waals surface area contributed by atoms with Crippen molar-refractivity contribution in [1.29, 1.82) is 0 Å². The van der Waals surface area contributed by atoms with E-state index in [1.165, 1.54) is 19.1 Å². The Morgan fingerprint density at radius 1 is 0.960 bits per heavy atom. The maximum Gasteiger partial charge on any atom is 0.415 e. The van der Waals surface area contributed by atoms with E-state index in [4.69, 9.17) is 4.74 Å². The number of methoxy groups -OCH3 is 2. The summed E-state index contributed by atoms with van der Waals surface area (Å²) in [7, 11) is 2.41. The molecule has 0 aliphatic carbocycles. The van der Waals surface area contributed by atoms with Crippen molar-refractivity contribution in [2.45, 2.75) is 39.5 Å². The molecule has 0 aromatic rings. The molecule has 0 aromatic carbocycles. The number of ether oxygens (including phenoxy) is 3. The molecule has 1 aliphatic rings. The van der Waals surface area contributed by atoms with Gasteiger partial charge in [-0.1, -0.05) is 0 Å². The van der Waals surface area contributed by atoms with Crippen LogP contribution in [0.15, 0.2) is 11.4 Å². The SMILES string of the molecule is CCOC(=O)CCCCC(=O)C1=C(C)N(C(=O)OC)CN1C(=O)OC. The average Bonchev–Trinajstić information content (AvgIpc) is 2.94. The summed E-state index contributed by atoms with van der Waals surface area (Å²) in [6, 6.07) is 0. The summed E-state index contributed by atoms with van der Waals surface area (Å²) in [5.74, 6) is -0.613. The molecule has 0 bridgehead atoms. The smallest absolute Gasteiger partial charge is 0.415 e. The van der Waals surface area contributed by atoms with Crippen LogP contribution in [0, 0.1) is 0 Å². The highest BCUT2D eigenvalue weighted by Gasteiger charge is 2.38. The highest BCUT2D eigenvalue weighted by molar-refractivity contribution is 6.00. The summed E-state index contributed by atoms with van der Waals surface area (Å²) in [5.41, 5.74) is 0.432. The van der Waals surface area contributed by atoms with Gasteiger partial charge in [0.25, 0.3) is 0 Å². The summed E-state index contributed by atoms with van der Waals surface area (Å²) in [6.45, 7) is 3.47. The second kappa shape index (κ2) is 9.65. The maximum atomic E-state index is 12.5. The van der Waals surface area contributed by atoms with Crippen LogP contribution in [-0.4, -0.2) is 61.2 Å². The minimum atomic E-state index is -0.736. The Morgan fingerprint density at radius 3 is 2.08 bits per heavy atom. The van der Waals surface area contributed by atoms with Crippen molar-refractivity contribution in [3.8, 4) is 0 Å². The van der Waals surface area contributed by atoms with E-state index in [1.807, 2.05) is 0 Å². The largest absolute Gasteiger partial charge is 0.466 e. The van der Waals surface area contributed by atoms with Crippen molar-refractivity contribution in [2.24, 2.45) is 0 Å². The summed E-state index contributed by atoms with van der Waals surface area (Å²) in [6.07, 6.45) is -0.0857. The zero-order valence-electron chi connectivity index (χ0n) is 15.0. The van der Waals surface area contributed by atoms with Gasteiger partial charge in [-0.25, -0.2) is 9.59 Å². The molecule has 0 saturated heterocycles. The van der Waals surface area contributed by atoms with Crippen LogP contribution in [0.2, 0.25) is 0 Å². The van der Waals surface area contributed by atoms with E-state index in [1.54, 1.807) is 13.8 Å². The van der Waals surface area contributed by atoms with Crippen molar-refractivity contribution < 1.29 is 33.4 Å². The summed E-state index contributed by atoms with van der Waals surface area (Å²) < 4.78 is 14.1. The van der Waals surface area contributed by atoms with Crippen LogP contribution in [0.5, 0.6) is 0 Å². The van der Waals surface area contributed by atoms with Crippen LogP contribution in [0.25, 0.3) is 0 Å². The first-order valence-corrected chi connectivity index (χ1v) is 7.98. The number of allylic oxidation sites excluding steroid dienone is 2. The zero-order chi connectivity index (χ0) is 19.0. The minimum Gasteiger partial charge on any atom is -0.466 e. The lowest BCUT2D eigenvalue weighted by Gasteiger charge is -2.18. The molecule has 1 rings (SSSR count). The fourth-order valence-corrected chi connectivity index (χ4v) is 2.46. The fourth-order valence-electron chi connectivity index (χ4n) is 2.46. The third-order valence-corrected chi connectivity index (χ3v) is 3.69. The molecule has 2 amide bonds. The molecule has 1 heterocycles. The standard InChI is InChI=1S/C16H24N2O7/c1-5-25-13(20)9-7-6-8-12(19)14-11(2)17(15(21)23-3)10-18(14)16(22)24-4/h5-10H2,1-4H3. The van der Waals surface area contributed by atoms with Gasteiger partial charge in [-0.05, 0) is 26.7 Å². The first kappa shape index (κ1) is 20.5. The number of carbonyl (C=O) groups is 4. The predicted octanol–water partition coefficient (Wildman–Crippen LogP) is 2.02. The van der Waals surface area contributed by atoms with Crippen molar-refractivity contribution in [3.05, 3.63) is 11.4 Å². The molecule has 0 atom stereocenters. The lowest BCUT2D eigenvalue weighted by molar-refractivity contribution is -0.143. The summed E-state index contributed by atoms with van der Waals surface area (Å²) in [4.78, 5) is 49.7. The molecular weight excluding hydrogens is 332 g/mol. The molecule has 9 nitrogen and oxygen atoms in total. The number of nitrogens with zero attached hydrogens (tertiary/aromatic N) is 2. The molecule has 140 valence electrons. The molecule has 0 radical (unpaired) electrons. The van der Waals surface area contributed by atoms with Crippen molar-refractivity contribution in [3.63, 3.8) is 0 Å². The number of Topliss-reactive ketones (excluding diaryl/α,β-unsaturated/α-hetero) is 1. The Hall–Kier alpha value is -2.58. The molecule has 0 spiro atoms. The Kier molecular flexibility index (Phi) is 7.90. The summed E-state index contributed by atoms with van der Waals surface area (Å²) in [5, 5.41) is 0. The number of rotatable bonds is 7. The number of hydrogen-bond acceptors (Lipinski definition) is 7. The third kappa shape index (κ3) is 5.20. The van der Waals surface area contributed by atoms with E-state index in [9.17, 15) is 19.2 Å². The van der Waals surface area contributed by atoms with Crippen LogP contribution >= 0.6 is 0 Å². The highest BCUT2D eigenvalue weighted by atomic mass is 16.6. The van der Waals surface area contributed by atoms with E-state index in [-0.39, 0.29) is 37.0 Å². The van der Waals surface area contributed by atoms with Gasteiger partial charge in [0.1, 0.15) is 12.4 Å². The Balaban J connectivity index is 2.76. The number of ketones is 1. The predicted molar refractivity (Wildman–Crippen MR) is 86.2 cm³/mol. The van der Waals surface area contributed by atoms with E-state index in [0.29, 0.717) is 25.1 Å². The molecular formula is C16H24N2O7. The number of hydrogen-bond donors (Lipinski definition) is 0. The molecule has 0 unspecified atom stereocenters. The molecule has 0 saturated carbocycles. The Morgan fingerprint density at radius 2 is 1.52 bits per heavy atom. The summed E-state index contributed by atoms with van der Waals surface area (Å²) >= 11 is 0.